The van der Waals surface area contributed by atoms with Crippen LogP contribution in [-0.2, 0) is 0 Å². The SMILES string of the molecule is CNc1cc(Br)ccc1[NH2+]O. The second-order valence-electron chi connectivity index (χ2n) is 2.11. The third-order valence-electron chi connectivity index (χ3n) is 1.42. The van der Waals surface area contributed by atoms with Crippen LogP contribution in [0.2, 0.25) is 0 Å². The van der Waals surface area contributed by atoms with Gasteiger partial charge in [-0.2, -0.15) is 5.48 Å². The second kappa shape index (κ2) is 3.71. The van der Waals surface area contributed by atoms with Gasteiger partial charge in [-0.1, -0.05) is 15.9 Å². The predicted molar refractivity (Wildman–Crippen MR) is 47.1 cm³/mol. The van der Waals surface area contributed by atoms with E-state index >= 15 is 0 Å². The molecule has 0 atom stereocenters. The summed E-state index contributed by atoms with van der Waals surface area (Å²) >= 11 is 3.33. The first-order valence-corrected chi connectivity index (χ1v) is 4.02. The lowest BCUT2D eigenvalue weighted by molar-refractivity contribution is -0.825. The zero-order valence-electron chi connectivity index (χ0n) is 6.13. The molecule has 60 valence electrons. The fourth-order valence-electron chi connectivity index (χ4n) is 0.858. The largest absolute Gasteiger partial charge is 0.383 e. The minimum Gasteiger partial charge on any atom is -0.383 e. The number of anilines is 1. The summed E-state index contributed by atoms with van der Waals surface area (Å²) in [5.74, 6) is 0. The van der Waals surface area contributed by atoms with Gasteiger partial charge in [-0.05, 0) is 12.1 Å². The van der Waals surface area contributed by atoms with Crippen molar-refractivity contribution in [1.29, 1.82) is 0 Å². The topological polar surface area (TPSA) is 48.9 Å². The number of rotatable bonds is 2. The Morgan fingerprint density at radius 1 is 1.55 bits per heavy atom. The van der Waals surface area contributed by atoms with Gasteiger partial charge in [-0.25, -0.2) is 5.21 Å². The molecule has 0 bridgehead atoms. The Balaban J connectivity index is 3.06. The van der Waals surface area contributed by atoms with E-state index in [-0.39, 0.29) is 0 Å². The Morgan fingerprint density at radius 3 is 2.82 bits per heavy atom. The van der Waals surface area contributed by atoms with Gasteiger partial charge < -0.3 is 5.32 Å². The lowest BCUT2D eigenvalue weighted by Gasteiger charge is -2.02. The van der Waals surface area contributed by atoms with Gasteiger partial charge >= 0.3 is 0 Å². The Hall–Kier alpha value is -0.580. The molecule has 1 rings (SSSR count). The average molecular weight is 218 g/mol. The van der Waals surface area contributed by atoms with Crippen LogP contribution in [0, 0.1) is 0 Å². The number of nitrogens with one attached hydrogen (secondary N) is 1. The van der Waals surface area contributed by atoms with E-state index in [2.05, 4.69) is 21.2 Å². The number of hydrogen-bond donors (Lipinski definition) is 3. The normalized spacial score (nSPS) is 9.73. The van der Waals surface area contributed by atoms with Gasteiger partial charge in [0.05, 0.1) is 5.69 Å². The number of nitrogens with two attached hydrogens (primary N) is 1. The molecule has 0 fully saturated rings. The van der Waals surface area contributed by atoms with E-state index in [4.69, 9.17) is 5.21 Å². The van der Waals surface area contributed by atoms with E-state index in [9.17, 15) is 0 Å². The molecule has 0 aliphatic carbocycles. The zero-order chi connectivity index (χ0) is 8.27. The third kappa shape index (κ3) is 1.92. The minimum absolute atomic E-state index is 0.788. The maximum Gasteiger partial charge on any atom is 0.185 e. The number of halogens is 1. The first kappa shape index (κ1) is 8.52. The van der Waals surface area contributed by atoms with Gasteiger partial charge in [-0.3, -0.25) is 0 Å². The molecule has 1 aromatic rings. The highest BCUT2D eigenvalue weighted by Gasteiger charge is 2.02. The summed E-state index contributed by atoms with van der Waals surface area (Å²) in [7, 11) is 1.81. The second-order valence-corrected chi connectivity index (χ2v) is 3.03. The Labute approximate surface area is 73.5 Å². The van der Waals surface area contributed by atoms with Gasteiger partial charge in [0.25, 0.3) is 0 Å². The van der Waals surface area contributed by atoms with Crippen molar-refractivity contribution in [3.63, 3.8) is 0 Å². The highest BCUT2D eigenvalue weighted by Crippen LogP contribution is 2.21. The van der Waals surface area contributed by atoms with E-state index in [0.717, 1.165) is 21.3 Å². The van der Waals surface area contributed by atoms with Crippen LogP contribution in [0.15, 0.2) is 22.7 Å². The van der Waals surface area contributed by atoms with Crippen LogP contribution in [0.1, 0.15) is 0 Å². The summed E-state index contributed by atoms with van der Waals surface area (Å²) in [4.78, 5) is 0. The van der Waals surface area contributed by atoms with E-state index in [1.54, 1.807) is 0 Å². The molecule has 1 aromatic carbocycles. The lowest BCUT2D eigenvalue weighted by atomic mass is 10.3. The zero-order valence-corrected chi connectivity index (χ0v) is 7.72. The van der Waals surface area contributed by atoms with E-state index < -0.39 is 0 Å². The Bertz CT molecular complexity index is 252. The van der Waals surface area contributed by atoms with Crippen LogP contribution in [0.3, 0.4) is 0 Å². The third-order valence-corrected chi connectivity index (χ3v) is 1.92. The van der Waals surface area contributed by atoms with E-state index in [1.165, 1.54) is 0 Å². The van der Waals surface area contributed by atoms with Gasteiger partial charge in [0.1, 0.15) is 0 Å². The maximum atomic E-state index is 8.76. The van der Waals surface area contributed by atoms with Crippen molar-refractivity contribution in [2.24, 2.45) is 0 Å². The maximum absolute atomic E-state index is 8.76. The first-order chi connectivity index (χ1) is 5.27. The molecule has 0 aliphatic rings. The Morgan fingerprint density at radius 2 is 2.27 bits per heavy atom. The summed E-state index contributed by atoms with van der Waals surface area (Å²) in [6.07, 6.45) is 0. The molecule has 4 N–H and O–H groups in total. The highest BCUT2D eigenvalue weighted by molar-refractivity contribution is 9.10. The number of quaternary nitrogens is 1. The summed E-state index contributed by atoms with van der Waals surface area (Å²) in [6, 6.07) is 5.61. The highest BCUT2D eigenvalue weighted by atomic mass is 79.9. The Kier molecular flexibility index (Phi) is 2.87. The molecule has 0 heterocycles. The smallest absolute Gasteiger partial charge is 0.185 e. The van der Waals surface area contributed by atoms with Gasteiger partial charge in [0.15, 0.2) is 5.69 Å². The predicted octanol–water partition coefficient (Wildman–Crippen LogP) is 1.07. The molecule has 11 heavy (non-hydrogen) atoms. The minimum atomic E-state index is 0.788. The molecule has 0 amide bonds. The van der Waals surface area contributed by atoms with Crippen molar-refractivity contribution in [3.05, 3.63) is 22.7 Å². The molecular formula is C7H10BrN2O+. The van der Waals surface area contributed by atoms with E-state index in [0.29, 0.717) is 0 Å². The lowest BCUT2D eigenvalue weighted by Crippen LogP contribution is -2.73. The summed E-state index contributed by atoms with van der Waals surface area (Å²) in [5.41, 5.74) is 2.77. The van der Waals surface area contributed by atoms with Gasteiger partial charge in [-0.15, -0.1) is 0 Å². The molecular weight excluding hydrogens is 208 g/mol. The molecule has 0 radical (unpaired) electrons. The molecule has 0 aliphatic heterocycles. The fraction of sp³-hybridized carbons (Fsp3) is 0.143. The van der Waals surface area contributed by atoms with E-state index in [1.807, 2.05) is 25.2 Å². The van der Waals surface area contributed by atoms with Crippen molar-refractivity contribution in [2.75, 3.05) is 12.4 Å². The summed E-state index contributed by atoms with van der Waals surface area (Å²) in [5, 5.41) is 11.7. The van der Waals surface area contributed by atoms with Crippen LogP contribution in [0.25, 0.3) is 0 Å². The standard InChI is InChI=1S/C7H9BrN2O/c1-9-7-4-5(8)2-3-6(7)10-11/h2-4,9-11H,1H3/p+1. The van der Waals surface area contributed by atoms with Crippen LogP contribution >= 0.6 is 15.9 Å². The number of benzene rings is 1. The van der Waals surface area contributed by atoms with Gasteiger partial charge in [0.2, 0.25) is 0 Å². The van der Waals surface area contributed by atoms with Crippen molar-refractivity contribution < 1.29 is 10.7 Å². The van der Waals surface area contributed by atoms with Crippen molar-refractivity contribution in [2.45, 2.75) is 0 Å². The van der Waals surface area contributed by atoms with Crippen LogP contribution in [-0.4, -0.2) is 12.3 Å². The fourth-order valence-corrected chi connectivity index (χ4v) is 1.22. The molecule has 0 spiro atoms. The molecule has 3 nitrogen and oxygen atoms in total. The molecule has 0 aromatic heterocycles. The van der Waals surface area contributed by atoms with Crippen LogP contribution in [0.4, 0.5) is 11.4 Å². The van der Waals surface area contributed by atoms with Gasteiger partial charge in [0, 0.05) is 17.6 Å². The molecule has 4 heteroatoms. The van der Waals surface area contributed by atoms with Crippen LogP contribution in [0.5, 0.6) is 0 Å². The summed E-state index contributed by atoms with van der Waals surface area (Å²) in [6.45, 7) is 0. The molecule has 0 saturated heterocycles. The molecule has 0 unspecified atom stereocenters. The first-order valence-electron chi connectivity index (χ1n) is 3.22. The van der Waals surface area contributed by atoms with Crippen molar-refractivity contribution in [3.8, 4) is 0 Å². The quantitative estimate of drug-likeness (QED) is 0.513. The van der Waals surface area contributed by atoms with Crippen molar-refractivity contribution in [1.82, 2.24) is 0 Å². The van der Waals surface area contributed by atoms with Crippen LogP contribution < -0.4 is 10.8 Å². The molecule has 0 saturated carbocycles. The summed E-state index contributed by atoms with van der Waals surface area (Å²) < 4.78 is 0.993. The number of hydrogen-bond acceptors (Lipinski definition) is 2. The monoisotopic (exact) mass is 217 g/mol. The van der Waals surface area contributed by atoms with Crippen molar-refractivity contribution >= 4 is 27.3 Å². The average Bonchev–Trinajstić information content (AvgIpc) is 2.04.